The first-order chi connectivity index (χ1) is 15.9. The van der Waals surface area contributed by atoms with Gasteiger partial charge in [-0.3, -0.25) is 4.79 Å². The second-order valence-corrected chi connectivity index (χ2v) is 7.19. The molecule has 0 saturated heterocycles. The van der Waals surface area contributed by atoms with Crippen LogP contribution in [0.1, 0.15) is 35.3 Å². The lowest BCUT2D eigenvalue weighted by atomic mass is 10.0. The topological polar surface area (TPSA) is 97.6 Å². The van der Waals surface area contributed by atoms with E-state index in [0.717, 1.165) is 5.56 Å². The quantitative estimate of drug-likeness (QED) is 0.187. The summed E-state index contributed by atoms with van der Waals surface area (Å²) in [5.41, 5.74) is 2.41. The zero-order valence-electron chi connectivity index (χ0n) is 18.4. The Morgan fingerprint density at radius 2 is 1.76 bits per heavy atom. The molecule has 0 aliphatic carbocycles. The fraction of sp³-hybridized carbons (Fsp3) is 0.154. The standard InChI is InChI=1S/C26H24N2O5/c1-4-32-24-15-23(29)21(25(30)19-10-6-5-7-11-19)14-22(24)28-27-20-12-8-9-18(13-20)16-33-26(31)17(2)3/h5-15,29H,2,4,16H2,1,3H3/b28-27+. The third kappa shape index (κ3) is 6.13. The van der Waals surface area contributed by atoms with Crippen molar-refractivity contribution in [2.24, 2.45) is 10.2 Å². The molecule has 0 saturated carbocycles. The molecule has 0 amide bonds. The van der Waals surface area contributed by atoms with E-state index in [0.29, 0.717) is 34.9 Å². The van der Waals surface area contributed by atoms with Crippen LogP contribution in [0.4, 0.5) is 11.4 Å². The predicted octanol–water partition coefficient (Wildman–Crippen LogP) is 6.06. The fourth-order valence-corrected chi connectivity index (χ4v) is 2.93. The van der Waals surface area contributed by atoms with Gasteiger partial charge >= 0.3 is 5.97 Å². The summed E-state index contributed by atoms with van der Waals surface area (Å²) in [5.74, 6) is -0.709. The summed E-state index contributed by atoms with van der Waals surface area (Å²) < 4.78 is 10.7. The molecule has 0 unspecified atom stereocenters. The lowest BCUT2D eigenvalue weighted by molar-refractivity contribution is -0.140. The molecule has 0 radical (unpaired) electrons. The van der Waals surface area contributed by atoms with Crippen LogP contribution in [0.15, 0.2) is 89.1 Å². The summed E-state index contributed by atoms with van der Waals surface area (Å²) in [6, 6.07) is 18.5. The molecule has 0 fully saturated rings. The second kappa shape index (κ2) is 10.9. The van der Waals surface area contributed by atoms with E-state index < -0.39 is 5.97 Å². The molecule has 3 rings (SSSR count). The van der Waals surface area contributed by atoms with E-state index in [9.17, 15) is 14.7 Å². The van der Waals surface area contributed by atoms with E-state index in [4.69, 9.17) is 9.47 Å². The van der Waals surface area contributed by atoms with Gasteiger partial charge in [0.05, 0.1) is 17.9 Å². The number of hydrogen-bond acceptors (Lipinski definition) is 7. The number of ether oxygens (including phenoxy) is 2. The van der Waals surface area contributed by atoms with E-state index in [2.05, 4.69) is 16.8 Å². The minimum atomic E-state index is -0.469. The number of phenols is 1. The molecule has 168 valence electrons. The molecule has 1 N–H and O–H groups in total. The number of nitrogens with zero attached hydrogens (tertiary/aromatic N) is 2. The first-order valence-electron chi connectivity index (χ1n) is 10.3. The van der Waals surface area contributed by atoms with Gasteiger partial charge in [0.25, 0.3) is 0 Å². The largest absolute Gasteiger partial charge is 0.507 e. The van der Waals surface area contributed by atoms with Crippen molar-refractivity contribution in [1.82, 2.24) is 0 Å². The SMILES string of the molecule is C=C(C)C(=O)OCc1cccc(/N=N/c2cc(C(=O)c3ccccc3)c(O)cc2OCC)c1. The Bertz CT molecular complexity index is 1200. The first kappa shape index (κ1) is 23.4. The second-order valence-electron chi connectivity index (χ2n) is 7.19. The molecular formula is C26H24N2O5. The van der Waals surface area contributed by atoms with Crippen LogP contribution >= 0.6 is 0 Å². The number of benzene rings is 3. The molecule has 3 aromatic rings. The highest BCUT2D eigenvalue weighted by atomic mass is 16.5. The monoisotopic (exact) mass is 444 g/mol. The molecule has 0 aliphatic rings. The third-order valence-corrected chi connectivity index (χ3v) is 4.56. The van der Waals surface area contributed by atoms with Gasteiger partial charge in [-0.15, -0.1) is 5.11 Å². The van der Waals surface area contributed by atoms with Crippen molar-refractivity contribution in [2.45, 2.75) is 20.5 Å². The Morgan fingerprint density at radius 1 is 1.00 bits per heavy atom. The number of carbonyl (C=O) groups is 2. The normalized spacial score (nSPS) is 10.7. The Balaban J connectivity index is 1.89. The number of carbonyl (C=O) groups excluding carboxylic acids is 2. The minimum absolute atomic E-state index is 0.0776. The van der Waals surface area contributed by atoms with E-state index >= 15 is 0 Å². The minimum Gasteiger partial charge on any atom is -0.507 e. The Kier molecular flexibility index (Phi) is 7.70. The van der Waals surface area contributed by atoms with Crippen molar-refractivity contribution in [3.8, 4) is 11.5 Å². The molecule has 33 heavy (non-hydrogen) atoms. The van der Waals surface area contributed by atoms with Crippen LogP contribution in [-0.2, 0) is 16.1 Å². The number of rotatable bonds is 9. The highest BCUT2D eigenvalue weighted by Gasteiger charge is 2.18. The van der Waals surface area contributed by atoms with E-state index in [1.165, 1.54) is 12.1 Å². The third-order valence-electron chi connectivity index (χ3n) is 4.56. The van der Waals surface area contributed by atoms with Crippen LogP contribution in [0.5, 0.6) is 11.5 Å². The predicted molar refractivity (Wildman–Crippen MR) is 124 cm³/mol. The number of phenolic OH excluding ortho intramolecular Hbond substituents is 1. The summed E-state index contributed by atoms with van der Waals surface area (Å²) in [4.78, 5) is 24.5. The van der Waals surface area contributed by atoms with Gasteiger partial charge in [-0.2, -0.15) is 5.11 Å². The Hall–Kier alpha value is -4.26. The van der Waals surface area contributed by atoms with Gasteiger partial charge in [0.15, 0.2) is 11.5 Å². The van der Waals surface area contributed by atoms with Gasteiger partial charge in [0.1, 0.15) is 18.0 Å². The number of azo groups is 1. The molecule has 3 aromatic carbocycles. The van der Waals surface area contributed by atoms with Crippen molar-refractivity contribution >= 4 is 23.1 Å². The molecule has 0 aliphatic heterocycles. The Morgan fingerprint density at radius 3 is 2.45 bits per heavy atom. The average Bonchev–Trinajstić information content (AvgIpc) is 2.82. The van der Waals surface area contributed by atoms with Gasteiger partial charge in [-0.25, -0.2) is 4.79 Å². The van der Waals surface area contributed by atoms with Crippen LogP contribution in [0.2, 0.25) is 0 Å². The van der Waals surface area contributed by atoms with E-state index in [1.807, 2.05) is 6.07 Å². The van der Waals surface area contributed by atoms with Crippen molar-refractivity contribution in [2.75, 3.05) is 6.61 Å². The molecule has 0 aromatic heterocycles. The van der Waals surface area contributed by atoms with Crippen LogP contribution in [-0.4, -0.2) is 23.5 Å². The molecule has 7 nitrogen and oxygen atoms in total. The van der Waals surface area contributed by atoms with Gasteiger partial charge in [0.2, 0.25) is 0 Å². The van der Waals surface area contributed by atoms with Crippen LogP contribution in [0.3, 0.4) is 0 Å². The molecule has 0 bridgehead atoms. The van der Waals surface area contributed by atoms with Crippen molar-refractivity contribution in [1.29, 1.82) is 0 Å². The molecular weight excluding hydrogens is 420 g/mol. The van der Waals surface area contributed by atoms with Gasteiger partial charge in [0, 0.05) is 17.2 Å². The molecule has 0 spiro atoms. The van der Waals surface area contributed by atoms with Crippen LogP contribution < -0.4 is 4.74 Å². The van der Waals surface area contributed by atoms with E-state index in [1.54, 1.807) is 62.4 Å². The molecule has 0 heterocycles. The highest BCUT2D eigenvalue weighted by molar-refractivity contribution is 6.11. The molecule has 7 heteroatoms. The smallest absolute Gasteiger partial charge is 0.333 e. The van der Waals surface area contributed by atoms with Crippen molar-refractivity contribution in [3.63, 3.8) is 0 Å². The lowest BCUT2D eigenvalue weighted by Gasteiger charge is -2.10. The summed E-state index contributed by atoms with van der Waals surface area (Å²) in [6.45, 7) is 7.36. The molecule has 0 atom stereocenters. The maximum atomic E-state index is 12.9. The zero-order valence-corrected chi connectivity index (χ0v) is 18.4. The van der Waals surface area contributed by atoms with Gasteiger partial charge < -0.3 is 14.6 Å². The fourth-order valence-electron chi connectivity index (χ4n) is 2.93. The van der Waals surface area contributed by atoms with Crippen LogP contribution in [0, 0.1) is 0 Å². The van der Waals surface area contributed by atoms with Crippen LogP contribution in [0.25, 0.3) is 0 Å². The number of hydrogen-bond donors (Lipinski definition) is 1. The van der Waals surface area contributed by atoms with Gasteiger partial charge in [-0.05, 0) is 37.6 Å². The number of aromatic hydroxyl groups is 1. The maximum Gasteiger partial charge on any atom is 0.333 e. The number of esters is 1. The number of ketones is 1. The van der Waals surface area contributed by atoms with E-state index in [-0.39, 0.29) is 23.7 Å². The summed E-state index contributed by atoms with van der Waals surface area (Å²) in [5, 5.41) is 18.9. The maximum absolute atomic E-state index is 12.9. The summed E-state index contributed by atoms with van der Waals surface area (Å²) in [7, 11) is 0. The highest BCUT2D eigenvalue weighted by Crippen LogP contribution is 2.36. The lowest BCUT2D eigenvalue weighted by Crippen LogP contribution is -2.04. The zero-order chi connectivity index (χ0) is 23.8. The first-order valence-corrected chi connectivity index (χ1v) is 10.3. The Labute approximate surface area is 192 Å². The van der Waals surface area contributed by atoms with Crippen molar-refractivity contribution in [3.05, 3.63) is 95.6 Å². The van der Waals surface area contributed by atoms with Crippen molar-refractivity contribution < 1.29 is 24.2 Å². The summed E-state index contributed by atoms with van der Waals surface area (Å²) >= 11 is 0. The van der Waals surface area contributed by atoms with Gasteiger partial charge in [-0.1, -0.05) is 49.0 Å². The average molecular weight is 444 g/mol. The summed E-state index contributed by atoms with van der Waals surface area (Å²) in [6.07, 6.45) is 0.